The van der Waals surface area contributed by atoms with Crippen LogP contribution in [0.3, 0.4) is 0 Å². The maximum atomic E-state index is 11.6. The van der Waals surface area contributed by atoms with Crippen molar-refractivity contribution in [3.05, 3.63) is 16.7 Å². The van der Waals surface area contributed by atoms with E-state index in [9.17, 15) is 4.79 Å². The lowest BCUT2D eigenvalue weighted by atomic mass is 10.5. The first kappa shape index (κ1) is 10.3. The zero-order valence-corrected chi connectivity index (χ0v) is 9.30. The molecule has 0 aliphatic heterocycles. The summed E-state index contributed by atoms with van der Waals surface area (Å²) in [5, 5.41) is 0. The molecule has 0 amide bonds. The van der Waals surface area contributed by atoms with Crippen LogP contribution in [0.1, 0.15) is 0 Å². The third kappa shape index (κ3) is 1.79. The molecule has 0 spiro atoms. The van der Waals surface area contributed by atoms with Crippen molar-refractivity contribution in [1.82, 2.24) is 24.4 Å². The highest BCUT2D eigenvalue weighted by Crippen LogP contribution is 2.07. The van der Waals surface area contributed by atoms with Crippen molar-refractivity contribution < 1.29 is 0 Å². The molecule has 16 heavy (non-hydrogen) atoms. The summed E-state index contributed by atoms with van der Waals surface area (Å²) >= 11 is 0. The minimum absolute atomic E-state index is 0.273. The number of nitrogens with zero attached hydrogens (tertiary/aromatic N) is 5. The molecule has 2 heterocycles. The van der Waals surface area contributed by atoms with Gasteiger partial charge in [0.15, 0.2) is 11.2 Å². The molecule has 0 bridgehead atoms. The number of aliphatic imine (C=N–C) groups is 1. The highest BCUT2D eigenvalue weighted by Gasteiger charge is 2.06. The summed E-state index contributed by atoms with van der Waals surface area (Å²) in [6.07, 6.45) is 3.12. The van der Waals surface area contributed by atoms with Crippen LogP contribution in [0.25, 0.3) is 11.2 Å². The van der Waals surface area contributed by atoms with E-state index in [1.165, 1.54) is 0 Å². The Hall–Kier alpha value is -2.18. The molecule has 0 atom stereocenters. The summed E-state index contributed by atoms with van der Waals surface area (Å²) in [6, 6.07) is 0. The molecular weight excluding hydrogens is 208 g/mol. The number of hydrogen-bond donors (Lipinski definition) is 1. The van der Waals surface area contributed by atoms with Crippen LogP contribution >= 0.6 is 0 Å². The number of hydrogen-bond acceptors (Lipinski definition) is 4. The Morgan fingerprint density at radius 1 is 1.56 bits per heavy atom. The van der Waals surface area contributed by atoms with Gasteiger partial charge in [0.25, 0.3) is 5.56 Å². The van der Waals surface area contributed by atoms with Crippen molar-refractivity contribution in [3.8, 4) is 0 Å². The summed E-state index contributed by atoms with van der Waals surface area (Å²) in [6.45, 7) is 0. The Bertz CT molecular complexity index is 594. The predicted octanol–water partition coefficient (Wildman–Crippen LogP) is -0.122. The maximum Gasteiger partial charge on any atom is 0.280 e. The van der Waals surface area contributed by atoms with Gasteiger partial charge >= 0.3 is 0 Å². The summed E-state index contributed by atoms with van der Waals surface area (Å²) in [5.41, 5.74) is 0.567. The molecule has 2 aromatic rings. The van der Waals surface area contributed by atoms with Crippen molar-refractivity contribution in [1.29, 1.82) is 0 Å². The number of aromatic nitrogens is 4. The van der Waals surface area contributed by atoms with Gasteiger partial charge in [-0.3, -0.25) is 9.78 Å². The normalized spacial score (nSPS) is 11.4. The topological polar surface area (TPSA) is 79.2 Å². The summed E-state index contributed by atoms with van der Waals surface area (Å²) in [5.74, 6) is 0.273. The van der Waals surface area contributed by atoms with Gasteiger partial charge in [-0.25, -0.2) is 9.98 Å². The second-order valence-corrected chi connectivity index (χ2v) is 3.63. The zero-order valence-electron chi connectivity index (χ0n) is 9.30. The quantitative estimate of drug-likeness (QED) is 0.565. The fraction of sp³-hybridized carbons (Fsp3) is 0.333. The molecule has 0 aromatic carbocycles. The van der Waals surface area contributed by atoms with Gasteiger partial charge in [-0.15, -0.1) is 0 Å². The van der Waals surface area contributed by atoms with Crippen LogP contribution in [0.5, 0.6) is 0 Å². The maximum absolute atomic E-state index is 11.6. The summed E-state index contributed by atoms with van der Waals surface area (Å²) in [4.78, 5) is 28.1. The monoisotopic (exact) mass is 220 g/mol. The molecule has 0 unspecified atom stereocenters. The molecule has 0 radical (unpaired) electrons. The van der Waals surface area contributed by atoms with E-state index in [1.54, 1.807) is 29.2 Å². The Morgan fingerprint density at radius 3 is 3.00 bits per heavy atom. The average Bonchev–Trinajstić information content (AvgIpc) is 2.58. The standard InChI is InChI=1S/C9H12N6O/c1-14(2)4-11-9-12-7-6(8(16)13-9)10-5-15(7)3/h4-5H,1-3H3,(H,12,13,16)/b11-4+. The fourth-order valence-corrected chi connectivity index (χ4v) is 1.24. The van der Waals surface area contributed by atoms with Gasteiger partial charge in [0.1, 0.15) is 0 Å². The number of aryl methyl sites for hydroxylation is 1. The van der Waals surface area contributed by atoms with Crippen LogP contribution < -0.4 is 5.56 Å². The van der Waals surface area contributed by atoms with Gasteiger partial charge in [0.05, 0.1) is 12.7 Å². The van der Waals surface area contributed by atoms with Gasteiger partial charge < -0.3 is 9.47 Å². The van der Waals surface area contributed by atoms with Gasteiger partial charge in [-0.2, -0.15) is 4.98 Å². The van der Waals surface area contributed by atoms with Crippen molar-refractivity contribution in [3.63, 3.8) is 0 Å². The van der Waals surface area contributed by atoms with E-state index in [-0.39, 0.29) is 11.5 Å². The van der Waals surface area contributed by atoms with E-state index in [1.807, 2.05) is 14.1 Å². The van der Waals surface area contributed by atoms with E-state index in [0.717, 1.165) is 0 Å². The lowest BCUT2D eigenvalue weighted by molar-refractivity contribution is 0.642. The average molecular weight is 220 g/mol. The molecule has 2 aromatic heterocycles. The molecule has 7 nitrogen and oxygen atoms in total. The molecule has 0 aliphatic carbocycles. The van der Waals surface area contributed by atoms with Crippen LogP contribution in [0.15, 0.2) is 16.1 Å². The van der Waals surface area contributed by atoms with Crippen molar-refractivity contribution in [2.24, 2.45) is 12.0 Å². The number of imidazole rings is 1. The van der Waals surface area contributed by atoms with Gasteiger partial charge in [0.2, 0.25) is 5.95 Å². The summed E-state index contributed by atoms with van der Waals surface area (Å²) in [7, 11) is 5.45. The van der Waals surface area contributed by atoms with Crippen LogP contribution in [-0.2, 0) is 7.05 Å². The lowest BCUT2D eigenvalue weighted by Gasteiger charge is -2.01. The first-order valence-corrected chi connectivity index (χ1v) is 4.70. The number of nitrogens with one attached hydrogen (secondary N) is 1. The van der Waals surface area contributed by atoms with Crippen LogP contribution in [0.2, 0.25) is 0 Å². The van der Waals surface area contributed by atoms with Crippen molar-refractivity contribution in [2.75, 3.05) is 14.1 Å². The minimum atomic E-state index is -0.281. The Labute approximate surface area is 91.5 Å². The van der Waals surface area contributed by atoms with Crippen molar-refractivity contribution in [2.45, 2.75) is 0 Å². The predicted molar refractivity (Wildman–Crippen MR) is 61.0 cm³/mol. The minimum Gasteiger partial charge on any atom is -0.369 e. The molecule has 84 valence electrons. The third-order valence-corrected chi connectivity index (χ3v) is 1.97. The number of H-pyrrole nitrogens is 1. The number of aromatic amines is 1. The van der Waals surface area contributed by atoms with Crippen LogP contribution in [0, 0.1) is 0 Å². The largest absolute Gasteiger partial charge is 0.369 e. The number of fused-ring (bicyclic) bond motifs is 1. The molecule has 0 saturated carbocycles. The van der Waals surface area contributed by atoms with Gasteiger partial charge in [-0.1, -0.05) is 0 Å². The highest BCUT2D eigenvalue weighted by molar-refractivity contribution is 5.71. The lowest BCUT2D eigenvalue weighted by Crippen LogP contribution is -2.10. The van der Waals surface area contributed by atoms with E-state index in [2.05, 4.69) is 19.9 Å². The second kappa shape index (κ2) is 3.76. The zero-order chi connectivity index (χ0) is 11.7. The molecule has 0 aliphatic rings. The molecule has 0 fully saturated rings. The highest BCUT2D eigenvalue weighted by atomic mass is 16.1. The smallest absolute Gasteiger partial charge is 0.280 e. The van der Waals surface area contributed by atoms with Gasteiger partial charge in [0, 0.05) is 21.1 Å². The molecular formula is C9H12N6O. The molecule has 1 N–H and O–H groups in total. The van der Waals surface area contributed by atoms with Crippen LogP contribution in [0.4, 0.5) is 5.95 Å². The first-order valence-electron chi connectivity index (χ1n) is 4.70. The second-order valence-electron chi connectivity index (χ2n) is 3.63. The molecule has 2 rings (SSSR count). The Morgan fingerprint density at radius 2 is 2.31 bits per heavy atom. The van der Waals surface area contributed by atoms with E-state index < -0.39 is 0 Å². The van der Waals surface area contributed by atoms with E-state index in [4.69, 9.17) is 0 Å². The Kier molecular flexibility index (Phi) is 2.43. The van der Waals surface area contributed by atoms with E-state index >= 15 is 0 Å². The van der Waals surface area contributed by atoms with E-state index in [0.29, 0.717) is 11.2 Å². The van der Waals surface area contributed by atoms with Gasteiger partial charge in [-0.05, 0) is 0 Å². The molecule has 7 heteroatoms. The number of rotatable bonds is 2. The Balaban J connectivity index is 2.57. The fourth-order valence-electron chi connectivity index (χ4n) is 1.24. The van der Waals surface area contributed by atoms with Crippen LogP contribution in [-0.4, -0.2) is 44.9 Å². The SMILES string of the molecule is CN(C)/C=N/c1nc2c(ncn2C)c(=O)[nH]1. The van der Waals surface area contributed by atoms with Crippen molar-refractivity contribution >= 4 is 23.5 Å². The molecule has 0 saturated heterocycles. The third-order valence-electron chi connectivity index (χ3n) is 1.97. The first-order chi connectivity index (χ1) is 7.58. The summed E-state index contributed by atoms with van der Waals surface area (Å²) < 4.78 is 1.68.